The van der Waals surface area contributed by atoms with Crippen molar-refractivity contribution in [3.8, 4) is 0 Å². The molecule has 7 heteroatoms. The molecule has 0 radical (unpaired) electrons. The van der Waals surface area contributed by atoms with Crippen molar-refractivity contribution in [1.29, 1.82) is 0 Å². The molecule has 136 valence electrons. The molecule has 1 aromatic carbocycles. The summed E-state index contributed by atoms with van der Waals surface area (Å²) in [7, 11) is 0. The summed E-state index contributed by atoms with van der Waals surface area (Å²) in [5.74, 6) is 1.19. The van der Waals surface area contributed by atoms with Gasteiger partial charge in [0.15, 0.2) is 5.13 Å². The standard InChI is InChI=1S/C19H21BrN4OS/c1-3-17(22-18-21-7-9-26-18)24-12-19(6-8-23(11-19)13(2)25)15-10-14(20)4-5-16(15)24/h3-5,7,9-10H,6,8,11-12H2,1-2H3,(H,21,22). The van der Waals surface area contributed by atoms with Gasteiger partial charge in [0.05, 0.1) is 0 Å². The van der Waals surface area contributed by atoms with Gasteiger partial charge >= 0.3 is 0 Å². The molecule has 3 heterocycles. The van der Waals surface area contributed by atoms with Crippen molar-refractivity contribution >= 4 is 44.0 Å². The van der Waals surface area contributed by atoms with Crippen molar-refractivity contribution < 1.29 is 4.79 Å². The fourth-order valence-electron chi connectivity index (χ4n) is 4.04. The topological polar surface area (TPSA) is 48.5 Å². The summed E-state index contributed by atoms with van der Waals surface area (Å²) in [6, 6.07) is 6.46. The van der Waals surface area contributed by atoms with Crippen LogP contribution in [0.25, 0.3) is 0 Å². The smallest absolute Gasteiger partial charge is 0.219 e. The van der Waals surface area contributed by atoms with E-state index in [1.165, 1.54) is 11.3 Å². The van der Waals surface area contributed by atoms with E-state index in [2.05, 4.69) is 55.4 Å². The van der Waals surface area contributed by atoms with E-state index in [-0.39, 0.29) is 11.3 Å². The first-order valence-electron chi connectivity index (χ1n) is 8.68. The Balaban J connectivity index is 1.71. The molecular weight excluding hydrogens is 412 g/mol. The van der Waals surface area contributed by atoms with Gasteiger partial charge in [-0.25, -0.2) is 4.98 Å². The van der Waals surface area contributed by atoms with Crippen LogP contribution in [0.3, 0.4) is 0 Å². The van der Waals surface area contributed by atoms with E-state index in [1.807, 2.05) is 17.2 Å². The summed E-state index contributed by atoms with van der Waals surface area (Å²) in [6.07, 6.45) is 4.88. The maximum atomic E-state index is 11.9. The number of nitrogens with one attached hydrogen (secondary N) is 1. The highest BCUT2D eigenvalue weighted by Gasteiger charge is 2.48. The van der Waals surface area contributed by atoms with Crippen molar-refractivity contribution in [3.05, 3.63) is 51.7 Å². The van der Waals surface area contributed by atoms with E-state index >= 15 is 0 Å². The number of nitrogens with zero attached hydrogens (tertiary/aromatic N) is 3. The Kier molecular flexibility index (Phi) is 4.52. The van der Waals surface area contributed by atoms with Gasteiger partial charge in [0.25, 0.3) is 0 Å². The number of hydrogen-bond acceptors (Lipinski definition) is 5. The maximum Gasteiger partial charge on any atom is 0.219 e. The van der Waals surface area contributed by atoms with Crippen molar-refractivity contribution in [2.45, 2.75) is 25.7 Å². The Hall–Kier alpha value is -1.86. The zero-order valence-electron chi connectivity index (χ0n) is 14.8. The maximum absolute atomic E-state index is 11.9. The fourth-order valence-corrected chi connectivity index (χ4v) is 4.93. The van der Waals surface area contributed by atoms with Gasteiger partial charge in [-0.2, -0.15) is 0 Å². The Morgan fingerprint density at radius 2 is 2.27 bits per heavy atom. The van der Waals surface area contributed by atoms with Crippen LogP contribution >= 0.6 is 27.3 Å². The molecule has 1 unspecified atom stereocenters. The summed E-state index contributed by atoms with van der Waals surface area (Å²) in [6.45, 7) is 6.16. The molecule has 5 nitrogen and oxygen atoms in total. The minimum Gasteiger partial charge on any atom is -0.342 e. The number of anilines is 2. The van der Waals surface area contributed by atoms with Gasteiger partial charge in [-0.1, -0.05) is 15.9 Å². The third-order valence-corrected chi connectivity index (χ3v) is 6.49. The number of likely N-dealkylation sites (tertiary alicyclic amines) is 1. The molecule has 1 atom stereocenters. The van der Waals surface area contributed by atoms with Crippen LogP contribution in [-0.4, -0.2) is 35.4 Å². The van der Waals surface area contributed by atoms with Crippen LogP contribution in [0.1, 0.15) is 25.8 Å². The summed E-state index contributed by atoms with van der Waals surface area (Å²) >= 11 is 5.21. The number of carbonyl (C=O) groups is 1. The first-order valence-corrected chi connectivity index (χ1v) is 10.4. The van der Waals surface area contributed by atoms with E-state index in [1.54, 1.807) is 24.5 Å². The van der Waals surface area contributed by atoms with Gasteiger partial charge in [0, 0.05) is 53.7 Å². The van der Waals surface area contributed by atoms with Crippen LogP contribution < -0.4 is 10.2 Å². The predicted molar refractivity (Wildman–Crippen MR) is 110 cm³/mol. The third-order valence-electron chi connectivity index (χ3n) is 5.31. The number of hydrogen-bond donors (Lipinski definition) is 1. The number of carbonyl (C=O) groups excluding carboxylic acids is 1. The van der Waals surface area contributed by atoms with Crippen LogP contribution in [0.15, 0.2) is 46.1 Å². The first-order chi connectivity index (χ1) is 12.5. The van der Waals surface area contributed by atoms with Crippen molar-refractivity contribution in [2.75, 3.05) is 29.9 Å². The van der Waals surface area contributed by atoms with E-state index in [9.17, 15) is 4.79 Å². The molecule has 1 spiro atoms. The number of halogens is 1. The Labute approximate surface area is 165 Å². The zero-order chi connectivity index (χ0) is 18.3. The second-order valence-corrected chi connectivity index (χ2v) is 8.66. The van der Waals surface area contributed by atoms with Crippen LogP contribution in [0, 0.1) is 0 Å². The molecular formula is C19H21BrN4OS. The highest BCUT2D eigenvalue weighted by molar-refractivity contribution is 9.10. The minimum absolute atomic E-state index is 0.0242. The normalized spacial score (nSPS) is 22.2. The van der Waals surface area contributed by atoms with Crippen LogP contribution in [0.5, 0.6) is 0 Å². The first kappa shape index (κ1) is 17.5. The molecule has 1 amide bonds. The Bertz CT molecular complexity index is 866. The predicted octanol–water partition coefficient (Wildman–Crippen LogP) is 4.19. The van der Waals surface area contributed by atoms with Crippen LogP contribution in [0.2, 0.25) is 0 Å². The lowest BCUT2D eigenvalue weighted by atomic mass is 9.81. The molecule has 2 aliphatic rings. The lowest BCUT2D eigenvalue weighted by molar-refractivity contribution is -0.127. The highest BCUT2D eigenvalue weighted by atomic mass is 79.9. The molecule has 1 aromatic heterocycles. The quantitative estimate of drug-likeness (QED) is 0.789. The molecule has 26 heavy (non-hydrogen) atoms. The summed E-state index contributed by atoms with van der Waals surface area (Å²) in [4.78, 5) is 20.6. The van der Waals surface area contributed by atoms with Gasteiger partial charge in [0.1, 0.15) is 5.82 Å². The second kappa shape index (κ2) is 6.70. The molecule has 1 N–H and O–H groups in total. The lowest BCUT2D eigenvalue weighted by Gasteiger charge is -2.27. The van der Waals surface area contributed by atoms with Crippen molar-refractivity contribution in [1.82, 2.24) is 9.88 Å². The number of fused-ring (bicyclic) bond motifs is 2. The van der Waals surface area contributed by atoms with Crippen molar-refractivity contribution in [2.24, 2.45) is 0 Å². The fraction of sp³-hybridized carbons (Fsp3) is 0.368. The molecule has 4 rings (SSSR count). The number of amides is 1. The van der Waals surface area contributed by atoms with Crippen molar-refractivity contribution in [3.63, 3.8) is 0 Å². The molecule has 2 aliphatic heterocycles. The van der Waals surface area contributed by atoms with Gasteiger partial charge < -0.3 is 15.1 Å². The van der Waals surface area contributed by atoms with E-state index in [0.29, 0.717) is 0 Å². The zero-order valence-corrected chi connectivity index (χ0v) is 17.2. The highest BCUT2D eigenvalue weighted by Crippen LogP contribution is 2.48. The minimum atomic E-state index is -0.0242. The molecule has 0 bridgehead atoms. The molecule has 2 aromatic rings. The molecule has 1 saturated heterocycles. The summed E-state index contributed by atoms with van der Waals surface area (Å²) in [5, 5.41) is 6.30. The van der Waals surface area contributed by atoms with E-state index in [0.717, 1.165) is 41.5 Å². The van der Waals surface area contributed by atoms with E-state index in [4.69, 9.17) is 0 Å². The van der Waals surface area contributed by atoms with E-state index < -0.39 is 0 Å². The number of benzene rings is 1. The monoisotopic (exact) mass is 432 g/mol. The lowest BCUT2D eigenvalue weighted by Crippen LogP contribution is -2.38. The summed E-state index contributed by atoms with van der Waals surface area (Å²) < 4.78 is 1.08. The average molecular weight is 433 g/mol. The van der Waals surface area contributed by atoms with Crippen LogP contribution in [0.4, 0.5) is 10.8 Å². The molecule has 0 saturated carbocycles. The van der Waals surface area contributed by atoms with Gasteiger partial charge in [-0.05, 0) is 43.2 Å². The number of aromatic nitrogens is 1. The van der Waals surface area contributed by atoms with Gasteiger partial charge in [0.2, 0.25) is 5.91 Å². The average Bonchev–Trinajstić information content (AvgIpc) is 3.34. The van der Waals surface area contributed by atoms with Gasteiger partial charge in [-0.15, -0.1) is 11.3 Å². The number of rotatable bonds is 3. The second-order valence-electron chi connectivity index (χ2n) is 6.85. The SMILES string of the molecule is CC=C(Nc1nccs1)N1CC2(CCN(C(C)=O)C2)c2cc(Br)ccc21. The van der Waals surface area contributed by atoms with Gasteiger partial charge in [-0.3, -0.25) is 4.79 Å². The number of thiazole rings is 1. The molecule has 0 aliphatic carbocycles. The Morgan fingerprint density at radius 1 is 1.42 bits per heavy atom. The van der Waals surface area contributed by atoms with Crippen LogP contribution in [-0.2, 0) is 10.2 Å². The third kappa shape index (κ3) is 2.93. The largest absolute Gasteiger partial charge is 0.342 e. The summed E-state index contributed by atoms with van der Waals surface area (Å²) in [5.41, 5.74) is 2.50. The molecule has 1 fully saturated rings. The number of allylic oxidation sites excluding steroid dienone is 1. The Morgan fingerprint density at radius 3 is 2.92 bits per heavy atom.